The Labute approximate surface area is 235 Å². The van der Waals surface area contributed by atoms with Crippen molar-refractivity contribution in [1.29, 1.82) is 0 Å². The van der Waals surface area contributed by atoms with Gasteiger partial charge in [0.1, 0.15) is 18.1 Å². The second kappa shape index (κ2) is 12.0. The molecule has 8 heteroatoms. The van der Waals surface area contributed by atoms with Gasteiger partial charge in [-0.2, -0.15) is 0 Å². The van der Waals surface area contributed by atoms with Crippen molar-refractivity contribution in [2.24, 2.45) is 4.99 Å². The minimum atomic E-state index is -0.773. The van der Waals surface area contributed by atoms with Gasteiger partial charge in [-0.15, -0.1) is 0 Å². The van der Waals surface area contributed by atoms with Crippen LogP contribution >= 0.6 is 11.3 Å². The lowest BCUT2D eigenvalue weighted by atomic mass is 9.93. The number of nitrogens with zero attached hydrogens (tertiary/aromatic N) is 2. The molecule has 0 unspecified atom stereocenters. The van der Waals surface area contributed by atoms with Gasteiger partial charge in [0.05, 0.1) is 35.6 Å². The molecular formula is C32H28N2O5S. The molecule has 1 atom stereocenters. The Hall–Kier alpha value is -4.69. The van der Waals surface area contributed by atoms with Crippen LogP contribution in [0.15, 0.2) is 107 Å². The van der Waals surface area contributed by atoms with Gasteiger partial charge in [-0.25, -0.2) is 9.79 Å². The molecule has 0 aliphatic carbocycles. The highest BCUT2D eigenvalue weighted by molar-refractivity contribution is 7.07. The molecule has 0 saturated heterocycles. The van der Waals surface area contributed by atoms with Crippen LogP contribution in [0.2, 0.25) is 0 Å². The van der Waals surface area contributed by atoms with E-state index in [9.17, 15) is 9.59 Å². The molecule has 0 spiro atoms. The van der Waals surface area contributed by atoms with Gasteiger partial charge in [-0.1, -0.05) is 78.6 Å². The van der Waals surface area contributed by atoms with Gasteiger partial charge in [-0.05, 0) is 48.4 Å². The van der Waals surface area contributed by atoms with Gasteiger partial charge in [0.25, 0.3) is 5.56 Å². The molecule has 7 nitrogen and oxygen atoms in total. The topological polar surface area (TPSA) is 79.1 Å². The lowest BCUT2D eigenvalue weighted by Gasteiger charge is -2.26. The Kier molecular flexibility index (Phi) is 8.07. The molecule has 5 rings (SSSR count). The van der Waals surface area contributed by atoms with Gasteiger partial charge in [-0.3, -0.25) is 9.36 Å². The van der Waals surface area contributed by atoms with E-state index in [1.807, 2.05) is 84.9 Å². The van der Waals surface area contributed by atoms with E-state index in [0.29, 0.717) is 44.3 Å². The van der Waals surface area contributed by atoms with Crippen molar-refractivity contribution < 1.29 is 19.0 Å². The van der Waals surface area contributed by atoms with Crippen LogP contribution in [0.25, 0.3) is 11.8 Å². The zero-order valence-corrected chi connectivity index (χ0v) is 23.0. The lowest BCUT2D eigenvalue weighted by molar-refractivity contribution is -0.138. The number of hydrogen-bond donors (Lipinski definition) is 0. The molecule has 2 heterocycles. The highest BCUT2D eigenvalue weighted by Gasteiger charge is 2.35. The molecule has 1 aliphatic rings. The minimum absolute atomic E-state index is 0.184. The summed E-state index contributed by atoms with van der Waals surface area (Å²) < 4.78 is 18.7. The summed E-state index contributed by atoms with van der Waals surface area (Å²) in [4.78, 5) is 32.9. The van der Waals surface area contributed by atoms with E-state index in [2.05, 4.69) is 6.58 Å². The van der Waals surface area contributed by atoms with E-state index in [-0.39, 0.29) is 12.2 Å². The first-order valence-electron chi connectivity index (χ1n) is 12.8. The largest absolute Gasteiger partial charge is 0.497 e. The van der Waals surface area contributed by atoms with Crippen molar-refractivity contribution >= 4 is 29.1 Å². The fraction of sp³-hybridized carbons (Fsp3) is 0.156. The van der Waals surface area contributed by atoms with Crippen LogP contribution in [0, 0.1) is 0 Å². The van der Waals surface area contributed by atoms with Crippen molar-refractivity contribution in [3.05, 3.63) is 133 Å². The normalized spacial score (nSPS) is 14.8. The van der Waals surface area contributed by atoms with Gasteiger partial charge in [0.15, 0.2) is 4.80 Å². The van der Waals surface area contributed by atoms with E-state index < -0.39 is 12.0 Å². The highest BCUT2D eigenvalue weighted by atomic mass is 32.1. The maximum atomic E-state index is 14.0. The van der Waals surface area contributed by atoms with Crippen molar-refractivity contribution in [3.63, 3.8) is 0 Å². The maximum absolute atomic E-state index is 14.0. The molecule has 40 heavy (non-hydrogen) atoms. The zero-order valence-electron chi connectivity index (χ0n) is 22.2. The number of carbonyl (C=O) groups is 1. The predicted molar refractivity (Wildman–Crippen MR) is 156 cm³/mol. The Bertz CT molecular complexity index is 1770. The molecule has 4 aromatic rings. The molecule has 0 amide bonds. The minimum Gasteiger partial charge on any atom is -0.497 e. The van der Waals surface area contributed by atoms with Crippen LogP contribution in [0.3, 0.4) is 0 Å². The summed E-state index contributed by atoms with van der Waals surface area (Å²) >= 11 is 1.27. The van der Waals surface area contributed by atoms with Crippen LogP contribution in [-0.2, 0) is 9.53 Å². The molecule has 0 N–H and O–H groups in total. The third kappa shape index (κ3) is 5.39. The molecular weight excluding hydrogens is 524 g/mol. The average Bonchev–Trinajstić information content (AvgIpc) is 3.30. The molecule has 1 aromatic heterocycles. The fourth-order valence-electron chi connectivity index (χ4n) is 4.57. The van der Waals surface area contributed by atoms with Gasteiger partial charge >= 0.3 is 5.97 Å². The van der Waals surface area contributed by atoms with E-state index in [0.717, 1.165) is 11.1 Å². The number of methoxy groups -OCH3 is 1. The van der Waals surface area contributed by atoms with Crippen LogP contribution in [0.5, 0.6) is 11.5 Å². The van der Waals surface area contributed by atoms with Crippen LogP contribution < -0.4 is 24.4 Å². The third-order valence-electron chi connectivity index (χ3n) is 6.31. The van der Waals surface area contributed by atoms with Gasteiger partial charge < -0.3 is 14.2 Å². The standard InChI is InChI=1S/C32H28N2O5S/c1-4-17-39-25-16-9-11-21(18-25)19-26-30(35)34-29(23-14-10-15-24(20-23)37-3)27(31(36)38-5-2)28(33-32(34)40-26)22-12-7-6-8-13-22/h4,6-16,18-20,29H,1,5,17H2,2-3H3/b26-19-/t29-/m0/s1. The number of fused-ring (bicyclic) bond motifs is 1. The summed E-state index contributed by atoms with van der Waals surface area (Å²) in [5, 5.41) is 0. The van der Waals surface area contributed by atoms with E-state index in [1.54, 1.807) is 24.7 Å². The number of hydrogen-bond acceptors (Lipinski definition) is 7. The SMILES string of the molecule is C=CCOc1cccc(/C=c2\sc3n(c2=O)[C@@H](c2cccc(OC)c2)C(C(=O)OCC)=C(c2ccccc2)N=3)c1. The number of benzene rings is 3. The summed E-state index contributed by atoms with van der Waals surface area (Å²) in [6.07, 6.45) is 3.48. The number of thiazole rings is 1. The first-order valence-corrected chi connectivity index (χ1v) is 13.6. The smallest absolute Gasteiger partial charge is 0.338 e. The van der Waals surface area contributed by atoms with Crippen LogP contribution in [-0.4, -0.2) is 30.9 Å². The first kappa shape index (κ1) is 26.9. The van der Waals surface area contributed by atoms with Crippen molar-refractivity contribution in [1.82, 2.24) is 4.57 Å². The highest BCUT2D eigenvalue weighted by Crippen LogP contribution is 2.36. The predicted octanol–water partition coefficient (Wildman–Crippen LogP) is 4.51. The van der Waals surface area contributed by atoms with Crippen LogP contribution in [0.4, 0.5) is 0 Å². The van der Waals surface area contributed by atoms with Crippen molar-refractivity contribution in [2.75, 3.05) is 20.3 Å². The van der Waals surface area contributed by atoms with Gasteiger partial charge in [0.2, 0.25) is 0 Å². The summed E-state index contributed by atoms with van der Waals surface area (Å²) in [5.41, 5.74) is 2.77. The Morgan fingerprint density at radius 3 is 2.58 bits per heavy atom. The number of esters is 1. The Morgan fingerprint density at radius 1 is 1.05 bits per heavy atom. The number of aromatic nitrogens is 1. The van der Waals surface area contributed by atoms with Crippen molar-refractivity contribution in [3.8, 4) is 11.5 Å². The second-order valence-electron chi connectivity index (χ2n) is 8.88. The summed E-state index contributed by atoms with van der Waals surface area (Å²) in [6.45, 7) is 6.00. The molecule has 1 aliphatic heterocycles. The summed E-state index contributed by atoms with van der Waals surface area (Å²) in [5.74, 6) is 0.753. The van der Waals surface area contributed by atoms with Crippen molar-refractivity contribution in [2.45, 2.75) is 13.0 Å². The Balaban J connectivity index is 1.78. The molecule has 0 fully saturated rings. The van der Waals surface area contributed by atoms with Crippen LogP contribution in [0.1, 0.15) is 29.7 Å². The monoisotopic (exact) mass is 552 g/mol. The van der Waals surface area contributed by atoms with Gasteiger partial charge in [0, 0.05) is 5.56 Å². The number of carbonyl (C=O) groups excluding carboxylic acids is 1. The van der Waals surface area contributed by atoms with E-state index >= 15 is 0 Å². The second-order valence-corrected chi connectivity index (χ2v) is 9.89. The quantitative estimate of drug-likeness (QED) is 0.226. The molecule has 0 saturated carbocycles. The molecule has 3 aromatic carbocycles. The Morgan fingerprint density at radius 2 is 1.82 bits per heavy atom. The summed E-state index contributed by atoms with van der Waals surface area (Å²) in [6, 6.07) is 23.5. The summed E-state index contributed by atoms with van der Waals surface area (Å²) in [7, 11) is 1.58. The first-order chi connectivity index (χ1) is 19.5. The molecule has 202 valence electrons. The molecule has 0 radical (unpaired) electrons. The molecule has 0 bridgehead atoms. The number of ether oxygens (including phenoxy) is 3. The fourth-order valence-corrected chi connectivity index (χ4v) is 5.57. The third-order valence-corrected chi connectivity index (χ3v) is 7.29. The van der Waals surface area contributed by atoms with E-state index in [4.69, 9.17) is 19.2 Å². The van der Waals surface area contributed by atoms with E-state index in [1.165, 1.54) is 11.3 Å². The zero-order chi connectivity index (χ0) is 28.1. The number of rotatable bonds is 9. The lowest BCUT2D eigenvalue weighted by Crippen LogP contribution is -2.40. The maximum Gasteiger partial charge on any atom is 0.338 e. The average molecular weight is 553 g/mol.